The Kier molecular flexibility index (Phi) is 4.41. The van der Waals surface area contributed by atoms with E-state index in [1.165, 1.54) is 0 Å². The van der Waals surface area contributed by atoms with E-state index in [1.807, 2.05) is 68.4 Å². The Morgan fingerprint density at radius 1 is 1.05 bits per heavy atom. The van der Waals surface area contributed by atoms with Crippen molar-refractivity contribution in [3.05, 3.63) is 54.1 Å². The quantitative estimate of drug-likeness (QED) is 0.794. The number of ether oxygens (including phenoxy) is 1. The molecule has 20 heavy (non-hydrogen) atoms. The van der Waals surface area contributed by atoms with E-state index in [0.29, 0.717) is 12.2 Å². The average Bonchev–Trinajstić information content (AvgIpc) is 2.47. The van der Waals surface area contributed by atoms with Gasteiger partial charge in [0.2, 0.25) is 0 Å². The number of nitrogens with zero attached hydrogens (tertiary/aromatic N) is 1. The summed E-state index contributed by atoms with van der Waals surface area (Å²) in [6, 6.07) is 15.6. The van der Waals surface area contributed by atoms with Crippen LogP contribution >= 0.6 is 0 Å². The van der Waals surface area contributed by atoms with Gasteiger partial charge >= 0.3 is 5.97 Å². The molecule has 0 unspecified atom stereocenters. The van der Waals surface area contributed by atoms with E-state index < -0.39 is 0 Å². The SMILES string of the molecule is CCOC(=O)c1ccccc1-c1ccc(N(C)C)cc1. The highest BCUT2D eigenvalue weighted by molar-refractivity contribution is 5.97. The van der Waals surface area contributed by atoms with Crippen LogP contribution in [0.4, 0.5) is 5.69 Å². The Morgan fingerprint density at radius 2 is 1.70 bits per heavy atom. The maximum Gasteiger partial charge on any atom is 0.338 e. The first-order chi connectivity index (χ1) is 9.63. The fourth-order valence-corrected chi connectivity index (χ4v) is 2.06. The van der Waals surface area contributed by atoms with Crippen molar-refractivity contribution in [2.75, 3.05) is 25.6 Å². The summed E-state index contributed by atoms with van der Waals surface area (Å²) in [7, 11) is 4.00. The predicted molar refractivity (Wildman–Crippen MR) is 82.2 cm³/mol. The number of carbonyl (C=O) groups is 1. The van der Waals surface area contributed by atoms with Crippen LogP contribution in [0.15, 0.2) is 48.5 Å². The van der Waals surface area contributed by atoms with Crippen molar-refractivity contribution in [1.82, 2.24) is 0 Å². The third kappa shape index (κ3) is 2.99. The summed E-state index contributed by atoms with van der Waals surface area (Å²) in [6.07, 6.45) is 0. The lowest BCUT2D eigenvalue weighted by molar-refractivity contribution is 0.0527. The molecule has 0 aliphatic carbocycles. The lowest BCUT2D eigenvalue weighted by Gasteiger charge is -2.14. The second kappa shape index (κ2) is 6.24. The Balaban J connectivity index is 2.39. The molecule has 0 aromatic heterocycles. The molecule has 3 heteroatoms. The summed E-state index contributed by atoms with van der Waals surface area (Å²) in [4.78, 5) is 14.0. The zero-order valence-corrected chi connectivity index (χ0v) is 12.1. The molecule has 0 saturated heterocycles. The van der Waals surface area contributed by atoms with E-state index in [9.17, 15) is 4.79 Å². The molecule has 0 saturated carbocycles. The molecule has 2 rings (SSSR count). The summed E-state index contributed by atoms with van der Waals surface area (Å²) in [6.45, 7) is 2.19. The standard InChI is InChI=1S/C17H19NO2/c1-4-20-17(19)16-8-6-5-7-15(16)13-9-11-14(12-10-13)18(2)3/h5-12H,4H2,1-3H3. The van der Waals surface area contributed by atoms with Crippen LogP contribution in [0.1, 0.15) is 17.3 Å². The van der Waals surface area contributed by atoms with E-state index >= 15 is 0 Å². The molecular formula is C17H19NO2. The zero-order chi connectivity index (χ0) is 14.5. The van der Waals surface area contributed by atoms with E-state index in [-0.39, 0.29) is 5.97 Å². The van der Waals surface area contributed by atoms with E-state index in [1.54, 1.807) is 6.07 Å². The lowest BCUT2D eigenvalue weighted by Crippen LogP contribution is -2.08. The minimum absolute atomic E-state index is 0.278. The molecule has 0 N–H and O–H groups in total. The summed E-state index contributed by atoms with van der Waals surface area (Å²) in [5.41, 5.74) is 3.64. The van der Waals surface area contributed by atoms with Crippen molar-refractivity contribution in [3.8, 4) is 11.1 Å². The molecule has 3 nitrogen and oxygen atoms in total. The van der Waals surface area contributed by atoms with Crippen LogP contribution in [-0.4, -0.2) is 26.7 Å². The van der Waals surface area contributed by atoms with Gasteiger partial charge in [-0.2, -0.15) is 0 Å². The van der Waals surface area contributed by atoms with E-state index in [2.05, 4.69) is 0 Å². The van der Waals surface area contributed by atoms with Crippen LogP contribution in [0.3, 0.4) is 0 Å². The second-order valence-electron chi connectivity index (χ2n) is 4.71. The first-order valence-electron chi connectivity index (χ1n) is 6.67. The number of carbonyl (C=O) groups excluding carboxylic acids is 1. The van der Waals surface area contributed by atoms with Gasteiger partial charge in [-0.3, -0.25) is 0 Å². The molecule has 0 atom stereocenters. The summed E-state index contributed by atoms with van der Waals surface area (Å²) in [5, 5.41) is 0. The summed E-state index contributed by atoms with van der Waals surface area (Å²) >= 11 is 0. The van der Waals surface area contributed by atoms with Crippen molar-refractivity contribution in [3.63, 3.8) is 0 Å². The first-order valence-corrected chi connectivity index (χ1v) is 6.67. The minimum atomic E-state index is -0.278. The molecule has 2 aromatic carbocycles. The van der Waals surface area contributed by atoms with Crippen molar-refractivity contribution in [2.45, 2.75) is 6.92 Å². The van der Waals surface area contributed by atoms with Crippen molar-refractivity contribution >= 4 is 11.7 Å². The highest BCUT2D eigenvalue weighted by Crippen LogP contribution is 2.26. The fraction of sp³-hybridized carbons (Fsp3) is 0.235. The molecule has 0 radical (unpaired) electrons. The molecule has 0 spiro atoms. The highest BCUT2D eigenvalue weighted by atomic mass is 16.5. The van der Waals surface area contributed by atoms with Crippen LogP contribution in [0, 0.1) is 0 Å². The van der Waals surface area contributed by atoms with Gasteiger partial charge in [-0.25, -0.2) is 4.79 Å². The van der Waals surface area contributed by atoms with Crippen LogP contribution < -0.4 is 4.90 Å². The largest absolute Gasteiger partial charge is 0.462 e. The predicted octanol–water partition coefficient (Wildman–Crippen LogP) is 3.60. The van der Waals surface area contributed by atoms with Gasteiger partial charge in [0.05, 0.1) is 12.2 Å². The van der Waals surface area contributed by atoms with E-state index in [0.717, 1.165) is 16.8 Å². The average molecular weight is 269 g/mol. The molecule has 0 aliphatic heterocycles. The number of benzene rings is 2. The van der Waals surface area contributed by atoms with Crippen LogP contribution in [0.5, 0.6) is 0 Å². The fourth-order valence-electron chi connectivity index (χ4n) is 2.06. The molecule has 0 heterocycles. The van der Waals surface area contributed by atoms with Crippen LogP contribution in [0.2, 0.25) is 0 Å². The molecule has 0 bridgehead atoms. The number of anilines is 1. The van der Waals surface area contributed by atoms with Crippen LogP contribution in [-0.2, 0) is 4.74 Å². The monoisotopic (exact) mass is 269 g/mol. The first kappa shape index (κ1) is 14.1. The Bertz CT molecular complexity index is 588. The molecule has 0 fully saturated rings. The van der Waals surface area contributed by atoms with Gasteiger partial charge in [-0.15, -0.1) is 0 Å². The van der Waals surface area contributed by atoms with Crippen molar-refractivity contribution < 1.29 is 9.53 Å². The molecule has 2 aromatic rings. The van der Waals surface area contributed by atoms with Gasteiger partial charge in [-0.1, -0.05) is 30.3 Å². The van der Waals surface area contributed by atoms with Crippen LogP contribution in [0.25, 0.3) is 11.1 Å². The van der Waals surface area contributed by atoms with Crippen molar-refractivity contribution in [1.29, 1.82) is 0 Å². The zero-order valence-electron chi connectivity index (χ0n) is 12.1. The van der Waals surface area contributed by atoms with Gasteiger partial charge < -0.3 is 9.64 Å². The topological polar surface area (TPSA) is 29.5 Å². The number of hydrogen-bond donors (Lipinski definition) is 0. The third-order valence-electron chi connectivity index (χ3n) is 3.12. The second-order valence-corrected chi connectivity index (χ2v) is 4.71. The third-order valence-corrected chi connectivity index (χ3v) is 3.12. The molecular weight excluding hydrogens is 250 g/mol. The maximum absolute atomic E-state index is 12.0. The highest BCUT2D eigenvalue weighted by Gasteiger charge is 2.13. The van der Waals surface area contributed by atoms with Gasteiger partial charge in [0.15, 0.2) is 0 Å². The number of esters is 1. The molecule has 104 valence electrons. The van der Waals surface area contributed by atoms with Gasteiger partial charge in [0, 0.05) is 19.8 Å². The minimum Gasteiger partial charge on any atom is -0.462 e. The lowest BCUT2D eigenvalue weighted by atomic mass is 9.99. The number of hydrogen-bond acceptors (Lipinski definition) is 3. The summed E-state index contributed by atoms with van der Waals surface area (Å²) < 4.78 is 5.10. The van der Waals surface area contributed by atoms with Gasteiger partial charge in [0.1, 0.15) is 0 Å². The maximum atomic E-state index is 12.0. The van der Waals surface area contributed by atoms with Gasteiger partial charge in [0.25, 0.3) is 0 Å². The normalized spacial score (nSPS) is 10.2. The van der Waals surface area contributed by atoms with Crippen molar-refractivity contribution in [2.24, 2.45) is 0 Å². The Morgan fingerprint density at radius 3 is 2.30 bits per heavy atom. The summed E-state index contributed by atoms with van der Waals surface area (Å²) in [5.74, 6) is -0.278. The molecule has 0 aliphatic rings. The Hall–Kier alpha value is -2.29. The van der Waals surface area contributed by atoms with Gasteiger partial charge in [-0.05, 0) is 36.2 Å². The Labute approximate surface area is 119 Å². The van der Waals surface area contributed by atoms with E-state index in [4.69, 9.17) is 4.74 Å². The smallest absolute Gasteiger partial charge is 0.338 e. The number of rotatable bonds is 4. The molecule has 0 amide bonds.